The van der Waals surface area contributed by atoms with Gasteiger partial charge in [-0.3, -0.25) is 0 Å². The molecule has 128 valence electrons. The van der Waals surface area contributed by atoms with Gasteiger partial charge in [0.2, 0.25) is 0 Å². The fraction of sp³-hybridized carbons (Fsp3) is 0.368. The van der Waals surface area contributed by atoms with Crippen LogP contribution in [0.2, 0.25) is 0 Å². The fourth-order valence-electron chi connectivity index (χ4n) is 2.97. The first-order valence-corrected chi connectivity index (χ1v) is 8.27. The first-order valence-electron chi connectivity index (χ1n) is 8.27. The van der Waals surface area contributed by atoms with Crippen LogP contribution in [0.1, 0.15) is 16.7 Å². The number of nitrogens with zero attached hydrogens (tertiary/aromatic N) is 1. The number of nitrogens with one attached hydrogen (secondary N) is 1. The van der Waals surface area contributed by atoms with E-state index in [0.717, 1.165) is 38.4 Å². The van der Waals surface area contributed by atoms with Crippen molar-refractivity contribution >= 4 is 5.69 Å². The SMILES string of the molecule is OCc1cc(CNCc2ccccc2N2CCOCC2)ccc1F. The van der Waals surface area contributed by atoms with E-state index in [-0.39, 0.29) is 12.4 Å². The zero-order valence-electron chi connectivity index (χ0n) is 13.7. The summed E-state index contributed by atoms with van der Waals surface area (Å²) < 4.78 is 18.8. The van der Waals surface area contributed by atoms with Crippen LogP contribution in [0.3, 0.4) is 0 Å². The minimum Gasteiger partial charge on any atom is -0.392 e. The Morgan fingerprint density at radius 3 is 2.62 bits per heavy atom. The van der Waals surface area contributed by atoms with Gasteiger partial charge in [0.15, 0.2) is 0 Å². The summed E-state index contributed by atoms with van der Waals surface area (Å²) in [4.78, 5) is 2.35. The molecule has 0 aliphatic carbocycles. The number of hydrogen-bond donors (Lipinski definition) is 2. The quantitative estimate of drug-likeness (QED) is 0.854. The number of aliphatic hydroxyl groups is 1. The molecule has 0 bridgehead atoms. The molecule has 2 N–H and O–H groups in total. The first-order chi connectivity index (χ1) is 11.8. The Kier molecular flexibility index (Phi) is 5.80. The fourth-order valence-corrected chi connectivity index (χ4v) is 2.97. The van der Waals surface area contributed by atoms with Crippen molar-refractivity contribution in [2.45, 2.75) is 19.7 Å². The zero-order valence-corrected chi connectivity index (χ0v) is 13.7. The van der Waals surface area contributed by atoms with Crippen LogP contribution in [0.4, 0.5) is 10.1 Å². The molecule has 0 radical (unpaired) electrons. The lowest BCUT2D eigenvalue weighted by atomic mass is 10.1. The Morgan fingerprint density at radius 2 is 1.83 bits per heavy atom. The van der Waals surface area contributed by atoms with Gasteiger partial charge in [0, 0.05) is 37.4 Å². The molecule has 4 nitrogen and oxygen atoms in total. The second-order valence-corrected chi connectivity index (χ2v) is 5.92. The molecule has 0 atom stereocenters. The molecule has 0 aromatic heterocycles. The number of para-hydroxylation sites is 1. The molecule has 5 heteroatoms. The van der Waals surface area contributed by atoms with Gasteiger partial charge >= 0.3 is 0 Å². The molecule has 24 heavy (non-hydrogen) atoms. The van der Waals surface area contributed by atoms with E-state index in [1.54, 1.807) is 12.1 Å². The summed E-state index contributed by atoms with van der Waals surface area (Å²) >= 11 is 0. The lowest BCUT2D eigenvalue weighted by Gasteiger charge is -2.30. The van der Waals surface area contributed by atoms with Gasteiger partial charge in [0.25, 0.3) is 0 Å². The van der Waals surface area contributed by atoms with E-state index in [2.05, 4.69) is 28.4 Å². The highest BCUT2D eigenvalue weighted by atomic mass is 19.1. The topological polar surface area (TPSA) is 44.7 Å². The molecular weight excluding hydrogens is 307 g/mol. The Morgan fingerprint density at radius 1 is 1.04 bits per heavy atom. The molecule has 1 aliphatic heterocycles. The third-order valence-corrected chi connectivity index (χ3v) is 4.27. The third kappa shape index (κ3) is 4.12. The molecule has 2 aromatic rings. The number of morpholine rings is 1. The van der Waals surface area contributed by atoms with Crippen molar-refractivity contribution in [2.24, 2.45) is 0 Å². The Hall–Kier alpha value is -1.95. The largest absolute Gasteiger partial charge is 0.392 e. The number of rotatable bonds is 6. The van der Waals surface area contributed by atoms with Crippen molar-refractivity contribution in [2.75, 3.05) is 31.2 Å². The molecule has 0 spiro atoms. The summed E-state index contributed by atoms with van der Waals surface area (Å²) in [6.45, 7) is 4.44. The number of halogens is 1. The van der Waals surface area contributed by atoms with Gasteiger partial charge in [-0.2, -0.15) is 0 Å². The summed E-state index contributed by atoms with van der Waals surface area (Å²) in [5, 5.41) is 12.6. The Balaban J connectivity index is 1.62. The van der Waals surface area contributed by atoms with E-state index in [4.69, 9.17) is 9.84 Å². The number of ether oxygens (including phenoxy) is 1. The summed E-state index contributed by atoms with van der Waals surface area (Å²) in [5.41, 5.74) is 3.78. The van der Waals surface area contributed by atoms with Crippen LogP contribution in [0, 0.1) is 5.82 Å². The van der Waals surface area contributed by atoms with Crippen molar-refractivity contribution < 1.29 is 14.2 Å². The van der Waals surface area contributed by atoms with Crippen LogP contribution >= 0.6 is 0 Å². The molecule has 1 saturated heterocycles. The van der Waals surface area contributed by atoms with Crippen molar-refractivity contribution in [3.8, 4) is 0 Å². The molecule has 1 heterocycles. The van der Waals surface area contributed by atoms with E-state index in [9.17, 15) is 4.39 Å². The minimum absolute atomic E-state index is 0.278. The maximum absolute atomic E-state index is 13.4. The van der Waals surface area contributed by atoms with Gasteiger partial charge in [-0.1, -0.05) is 24.3 Å². The number of benzene rings is 2. The van der Waals surface area contributed by atoms with Crippen LogP contribution in [0.15, 0.2) is 42.5 Å². The Bertz CT molecular complexity index is 672. The third-order valence-electron chi connectivity index (χ3n) is 4.27. The predicted molar refractivity (Wildman–Crippen MR) is 92.3 cm³/mol. The summed E-state index contributed by atoms with van der Waals surface area (Å²) in [5.74, 6) is -0.362. The molecule has 0 amide bonds. The average Bonchev–Trinajstić information content (AvgIpc) is 2.64. The van der Waals surface area contributed by atoms with Crippen LogP contribution in [-0.4, -0.2) is 31.4 Å². The highest BCUT2D eigenvalue weighted by molar-refractivity contribution is 5.53. The standard InChI is InChI=1S/C19H23FN2O2/c20-18-6-5-15(11-17(18)14-23)12-21-13-16-3-1-2-4-19(16)22-7-9-24-10-8-22/h1-6,11,21,23H,7-10,12-14H2. The van der Waals surface area contributed by atoms with Crippen LogP contribution in [0.25, 0.3) is 0 Å². The maximum Gasteiger partial charge on any atom is 0.128 e. The molecular formula is C19H23FN2O2. The molecule has 3 rings (SSSR count). The smallest absolute Gasteiger partial charge is 0.128 e. The van der Waals surface area contributed by atoms with Gasteiger partial charge in [-0.25, -0.2) is 4.39 Å². The molecule has 0 unspecified atom stereocenters. The van der Waals surface area contributed by atoms with Gasteiger partial charge in [-0.05, 0) is 29.3 Å². The average molecular weight is 330 g/mol. The van der Waals surface area contributed by atoms with E-state index in [1.807, 2.05) is 6.07 Å². The van der Waals surface area contributed by atoms with Crippen LogP contribution in [0.5, 0.6) is 0 Å². The van der Waals surface area contributed by atoms with Crippen molar-refractivity contribution in [1.82, 2.24) is 5.32 Å². The lowest BCUT2D eigenvalue weighted by molar-refractivity contribution is 0.122. The maximum atomic E-state index is 13.4. The molecule has 0 saturated carbocycles. The van der Waals surface area contributed by atoms with E-state index < -0.39 is 0 Å². The second-order valence-electron chi connectivity index (χ2n) is 5.92. The van der Waals surface area contributed by atoms with Gasteiger partial charge in [0.1, 0.15) is 5.82 Å². The number of anilines is 1. The van der Waals surface area contributed by atoms with E-state index >= 15 is 0 Å². The lowest BCUT2D eigenvalue weighted by Crippen LogP contribution is -2.37. The minimum atomic E-state index is -0.362. The highest BCUT2D eigenvalue weighted by Gasteiger charge is 2.14. The monoisotopic (exact) mass is 330 g/mol. The van der Waals surface area contributed by atoms with Gasteiger partial charge in [0.05, 0.1) is 19.8 Å². The van der Waals surface area contributed by atoms with Crippen molar-refractivity contribution in [3.05, 3.63) is 65.0 Å². The van der Waals surface area contributed by atoms with E-state index in [0.29, 0.717) is 12.1 Å². The van der Waals surface area contributed by atoms with Crippen LogP contribution in [-0.2, 0) is 24.4 Å². The first kappa shape index (κ1) is 16.9. The normalized spacial score (nSPS) is 14.8. The zero-order chi connectivity index (χ0) is 16.8. The summed E-state index contributed by atoms with van der Waals surface area (Å²) in [6, 6.07) is 13.2. The van der Waals surface area contributed by atoms with E-state index in [1.165, 1.54) is 17.3 Å². The van der Waals surface area contributed by atoms with Gasteiger partial charge in [-0.15, -0.1) is 0 Å². The Labute approximate surface area is 141 Å². The molecule has 1 fully saturated rings. The predicted octanol–water partition coefficient (Wildman–Crippen LogP) is 2.44. The van der Waals surface area contributed by atoms with Crippen LogP contribution < -0.4 is 10.2 Å². The van der Waals surface area contributed by atoms with Crippen molar-refractivity contribution in [3.63, 3.8) is 0 Å². The van der Waals surface area contributed by atoms with Crippen molar-refractivity contribution in [1.29, 1.82) is 0 Å². The molecule has 1 aliphatic rings. The van der Waals surface area contributed by atoms with Gasteiger partial charge < -0.3 is 20.1 Å². The number of hydrogen-bond acceptors (Lipinski definition) is 4. The summed E-state index contributed by atoms with van der Waals surface area (Å²) in [6.07, 6.45) is 0. The molecule has 2 aromatic carbocycles. The summed E-state index contributed by atoms with van der Waals surface area (Å²) in [7, 11) is 0. The highest BCUT2D eigenvalue weighted by Crippen LogP contribution is 2.21. The second kappa shape index (κ2) is 8.24. The number of aliphatic hydroxyl groups excluding tert-OH is 1.